The SMILES string of the molecule is C[C@@H](NC(=O)c1cc(C2=NOC(c3ccccc3)C2)cc(-c2ccccc2)c1)c1ncn[nH]1. The van der Waals surface area contributed by atoms with Crippen LogP contribution in [-0.4, -0.2) is 26.8 Å². The fourth-order valence-electron chi connectivity index (χ4n) is 3.89. The summed E-state index contributed by atoms with van der Waals surface area (Å²) in [6, 6.07) is 25.5. The van der Waals surface area contributed by atoms with Crippen molar-refractivity contribution in [3.63, 3.8) is 0 Å². The van der Waals surface area contributed by atoms with E-state index in [1.54, 1.807) is 0 Å². The van der Waals surface area contributed by atoms with E-state index in [1.807, 2.05) is 79.7 Å². The van der Waals surface area contributed by atoms with Crippen LogP contribution in [0.3, 0.4) is 0 Å². The Kier molecular flexibility index (Phi) is 5.68. The quantitative estimate of drug-likeness (QED) is 0.452. The van der Waals surface area contributed by atoms with E-state index in [0.29, 0.717) is 17.8 Å². The van der Waals surface area contributed by atoms with Crippen molar-refractivity contribution in [3.8, 4) is 11.1 Å². The molecule has 0 bridgehead atoms. The predicted octanol–water partition coefficient (Wildman–Crippen LogP) is 4.83. The molecule has 164 valence electrons. The molecule has 1 amide bonds. The molecule has 2 atom stereocenters. The van der Waals surface area contributed by atoms with Gasteiger partial charge in [0.05, 0.1) is 11.8 Å². The Hall–Kier alpha value is -4.26. The molecule has 0 radical (unpaired) electrons. The molecule has 0 aliphatic carbocycles. The number of aromatic amines is 1. The topological polar surface area (TPSA) is 92.3 Å². The molecule has 7 heteroatoms. The summed E-state index contributed by atoms with van der Waals surface area (Å²) in [6.07, 6.45) is 1.93. The van der Waals surface area contributed by atoms with Crippen molar-refractivity contribution in [2.24, 2.45) is 5.16 Å². The highest BCUT2D eigenvalue weighted by Gasteiger charge is 2.25. The molecule has 0 fully saturated rings. The van der Waals surface area contributed by atoms with E-state index in [2.05, 4.69) is 31.7 Å². The van der Waals surface area contributed by atoms with Gasteiger partial charge in [-0.15, -0.1) is 0 Å². The molecule has 0 saturated heterocycles. The van der Waals surface area contributed by atoms with E-state index in [1.165, 1.54) is 6.33 Å². The van der Waals surface area contributed by atoms with Gasteiger partial charge in [0.15, 0.2) is 6.10 Å². The molecule has 2 heterocycles. The highest BCUT2D eigenvalue weighted by Crippen LogP contribution is 2.31. The zero-order valence-corrected chi connectivity index (χ0v) is 18.1. The second-order valence-electron chi connectivity index (χ2n) is 7.98. The molecule has 0 saturated carbocycles. The van der Waals surface area contributed by atoms with Crippen LogP contribution in [-0.2, 0) is 4.84 Å². The molecule has 1 unspecified atom stereocenters. The lowest BCUT2D eigenvalue weighted by Gasteiger charge is -2.14. The smallest absolute Gasteiger partial charge is 0.251 e. The lowest BCUT2D eigenvalue weighted by molar-refractivity contribution is 0.0857. The Morgan fingerprint density at radius 2 is 1.73 bits per heavy atom. The molecule has 33 heavy (non-hydrogen) atoms. The first kappa shape index (κ1) is 20.6. The number of nitrogens with one attached hydrogen (secondary N) is 2. The number of hydrogen-bond acceptors (Lipinski definition) is 5. The zero-order valence-electron chi connectivity index (χ0n) is 18.1. The van der Waals surface area contributed by atoms with E-state index < -0.39 is 0 Å². The van der Waals surface area contributed by atoms with Crippen LogP contribution >= 0.6 is 0 Å². The average molecular weight is 438 g/mol. The van der Waals surface area contributed by atoms with Crippen LogP contribution in [0.5, 0.6) is 0 Å². The highest BCUT2D eigenvalue weighted by atomic mass is 16.6. The second kappa shape index (κ2) is 9.08. The van der Waals surface area contributed by atoms with Crippen LogP contribution in [0.2, 0.25) is 0 Å². The number of hydrogen-bond donors (Lipinski definition) is 2. The standard InChI is InChI=1S/C26H23N5O2/c1-17(25-27-16-28-30-25)29-26(32)22-13-20(18-8-4-2-5-9-18)12-21(14-22)23-15-24(33-31-23)19-10-6-3-7-11-19/h2-14,16-17,24H,15H2,1H3,(H,29,32)(H,27,28,30)/t17-,24?/m1/s1. The molecule has 1 aliphatic heterocycles. The Bertz CT molecular complexity index is 1270. The average Bonchev–Trinajstić information content (AvgIpc) is 3.58. The number of carbonyl (C=O) groups is 1. The van der Waals surface area contributed by atoms with Crippen LogP contribution in [0.4, 0.5) is 0 Å². The van der Waals surface area contributed by atoms with Crippen molar-refractivity contribution in [2.75, 3.05) is 0 Å². The molecule has 2 N–H and O–H groups in total. The van der Waals surface area contributed by atoms with E-state index in [9.17, 15) is 4.79 Å². The molecule has 7 nitrogen and oxygen atoms in total. The maximum absolute atomic E-state index is 13.1. The number of oxime groups is 1. The first-order chi connectivity index (χ1) is 16.2. The first-order valence-corrected chi connectivity index (χ1v) is 10.8. The van der Waals surface area contributed by atoms with Crippen LogP contribution in [0.1, 0.15) is 52.8 Å². The van der Waals surface area contributed by atoms with Gasteiger partial charge in [-0.3, -0.25) is 9.89 Å². The number of benzene rings is 3. The molecular formula is C26H23N5O2. The Balaban J connectivity index is 1.45. The van der Waals surface area contributed by atoms with Crippen LogP contribution < -0.4 is 5.32 Å². The number of carbonyl (C=O) groups excluding carboxylic acids is 1. The third-order valence-electron chi connectivity index (χ3n) is 5.67. The van der Waals surface area contributed by atoms with Crippen LogP contribution in [0.25, 0.3) is 11.1 Å². The molecule has 3 aromatic carbocycles. The van der Waals surface area contributed by atoms with Crippen LogP contribution in [0, 0.1) is 0 Å². The Morgan fingerprint density at radius 3 is 2.45 bits per heavy atom. The van der Waals surface area contributed by atoms with Gasteiger partial charge in [0.1, 0.15) is 12.2 Å². The normalized spacial score (nSPS) is 16.0. The van der Waals surface area contributed by atoms with Gasteiger partial charge < -0.3 is 10.2 Å². The molecular weight excluding hydrogens is 414 g/mol. The molecule has 0 spiro atoms. The zero-order chi connectivity index (χ0) is 22.6. The summed E-state index contributed by atoms with van der Waals surface area (Å²) in [4.78, 5) is 23.0. The number of aromatic nitrogens is 3. The second-order valence-corrected chi connectivity index (χ2v) is 7.98. The summed E-state index contributed by atoms with van der Waals surface area (Å²) in [7, 11) is 0. The number of nitrogens with zero attached hydrogens (tertiary/aromatic N) is 3. The summed E-state index contributed by atoms with van der Waals surface area (Å²) in [5.41, 5.74) is 5.27. The van der Waals surface area contributed by atoms with Crippen molar-refractivity contribution in [3.05, 3.63) is 108 Å². The third-order valence-corrected chi connectivity index (χ3v) is 5.67. The summed E-state index contributed by atoms with van der Waals surface area (Å²) in [5.74, 6) is 0.402. The van der Waals surface area contributed by atoms with Gasteiger partial charge in [-0.1, -0.05) is 65.8 Å². The van der Waals surface area contributed by atoms with Gasteiger partial charge >= 0.3 is 0 Å². The van der Waals surface area contributed by atoms with Gasteiger partial charge in [-0.05, 0) is 41.8 Å². The maximum Gasteiger partial charge on any atom is 0.251 e. The van der Waals surface area contributed by atoms with Crippen molar-refractivity contribution in [1.82, 2.24) is 20.5 Å². The van der Waals surface area contributed by atoms with Crippen molar-refractivity contribution in [2.45, 2.75) is 25.5 Å². The third kappa shape index (κ3) is 4.52. The lowest BCUT2D eigenvalue weighted by Crippen LogP contribution is -2.27. The number of amides is 1. The van der Waals surface area contributed by atoms with Gasteiger partial charge in [-0.2, -0.15) is 5.10 Å². The molecule has 1 aromatic heterocycles. The monoisotopic (exact) mass is 437 g/mol. The minimum atomic E-state index is -0.307. The van der Waals surface area contributed by atoms with Gasteiger partial charge in [-0.25, -0.2) is 4.98 Å². The van der Waals surface area contributed by atoms with E-state index in [0.717, 1.165) is 28.0 Å². The lowest BCUT2D eigenvalue weighted by atomic mass is 9.94. The van der Waals surface area contributed by atoms with Gasteiger partial charge in [0.2, 0.25) is 0 Å². The highest BCUT2D eigenvalue weighted by molar-refractivity contribution is 6.05. The number of H-pyrrole nitrogens is 1. The Labute approximate surface area is 191 Å². The maximum atomic E-state index is 13.1. The minimum Gasteiger partial charge on any atom is -0.387 e. The first-order valence-electron chi connectivity index (χ1n) is 10.8. The van der Waals surface area contributed by atoms with E-state index in [4.69, 9.17) is 4.84 Å². The summed E-state index contributed by atoms with van der Waals surface area (Å²) < 4.78 is 0. The summed E-state index contributed by atoms with van der Waals surface area (Å²) in [6.45, 7) is 1.86. The van der Waals surface area contributed by atoms with Crippen molar-refractivity contribution in [1.29, 1.82) is 0 Å². The summed E-state index contributed by atoms with van der Waals surface area (Å²) in [5, 5.41) is 14.0. The molecule has 1 aliphatic rings. The molecule has 5 rings (SSSR count). The van der Waals surface area contributed by atoms with Crippen molar-refractivity contribution >= 4 is 11.6 Å². The van der Waals surface area contributed by atoms with Crippen LogP contribution in [0.15, 0.2) is 90.3 Å². The van der Waals surface area contributed by atoms with Crippen molar-refractivity contribution < 1.29 is 9.63 Å². The number of rotatable bonds is 6. The summed E-state index contributed by atoms with van der Waals surface area (Å²) >= 11 is 0. The van der Waals surface area contributed by atoms with Gasteiger partial charge in [0, 0.05) is 17.5 Å². The fourth-order valence-corrected chi connectivity index (χ4v) is 3.89. The van der Waals surface area contributed by atoms with E-state index >= 15 is 0 Å². The van der Waals surface area contributed by atoms with E-state index in [-0.39, 0.29) is 18.1 Å². The fraction of sp³-hybridized carbons (Fsp3) is 0.154. The molecule has 4 aromatic rings. The predicted molar refractivity (Wildman–Crippen MR) is 126 cm³/mol. The van der Waals surface area contributed by atoms with Gasteiger partial charge in [0.25, 0.3) is 5.91 Å². The minimum absolute atomic E-state index is 0.134. The largest absolute Gasteiger partial charge is 0.387 e. The Morgan fingerprint density at radius 1 is 1.00 bits per heavy atom.